The molecule has 0 amide bonds. The molecule has 0 unspecified atom stereocenters. The summed E-state index contributed by atoms with van der Waals surface area (Å²) in [5, 5.41) is 20.3. The number of benzene rings is 4. The van der Waals surface area contributed by atoms with Gasteiger partial charge in [0.1, 0.15) is 39.4 Å². The SMILES string of the molecule is CCCOc1cc(N=Nc2ccc(Cl)cc2)c(I)cc1Cc1nc(Cc2cc(I)c(N=Nc3ccc(Cl)c(S(=O)(=O)O)c3)cc2OCCCS(=O)(=O)O)nc(NCCS(=O)(=O)O)n1.O=S(=O)=O.O=S(=O)=O. The van der Waals surface area contributed by atoms with Gasteiger partial charge in [-0.05, 0) is 113 Å². The summed E-state index contributed by atoms with van der Waals surface area (Å²) in [5.74, 6) is -0.0589. The molecular formula is C37H36Cl2I2N8O17S5. The van der Waals surface area contributed by atoms with Crippen molar-refractivity contribution >= 4 is 149 Å². The van der Waals surface area contributed by atoms with Crippen molar-refractivity contribution in [3.05, 3.63) is 107 Å². The van der Waals surface area contributed by atoms with Gasteiger partial charge in [-0.25, -0.2) is 4.98 Å². The highest BCUT2D eigenvalue weighted by molar-refractivity contribution is 14.1. The zero-order chi connectivity index (χ0) is 53.1. The van der Waals surface area contributed by atoms with Crippen molar-refractivity contribution in [1.29, 1.82) is 0 Å². The Bertz CT molecular complexity index is 3310. The van der Waals surface area contributed by atoms with E-state index in [9.17, 15) is 38.9 Å². The number of nitrogens with zero attached hydrogens (tertiary/aromatic N) is 7. The Labute approximate surface area is 446 Å². The second kappa shape index (κ2) is 28.7. The molecule has 1 heterocycles. The number of aromatic nitrogens is 3. The van der Waals surface area contributed by atoms with Gasteiger partial charge in [0.25, 0.3) is 30.4 Å². The lowest BCUT2D eigenvalue weighted by Gasteiger charge is -2.15. The summed E-state index contributed by atoms with van der Waals surface area (Å²) in [6.07, 6.45) is 0.732. The molecule has 0 atom stereocenters. The summed E-state index contributed by atoms with van der Waals surface area (Å²) in [4.78, 5) is 13.2. The lowest BCUT2D eigenvalue weighted by Crippen LogP contribution is -2.18. The summed E-state index contributed by atoms with van der Waals surface area (Å²) in [5.41, 5.74) is 2.62. The van der Waals surface area contributed by atoms with Gasteiger partial charge in [-0.2, -0.15) is 45.4 Å². The topological polar surface area (TPSA) is 384 Å². The Balaban J connectivity index is 0.00000154. The fraction of sp³-hybridized carbons (Fsp3) is 0.270. The van der Waals surface area contributed by atoms with E-state index < -0.39 is 68.0 Å². The number of hydrogen-bond acceptors (Lipinski definition) is 22. The second-order valence-corrected chi connectivity index (χ2v) is 22.1. The van der Waals surface area contributed by atoms with E-state index in [2.05, 4.69) is 58.3 Å². The maximum absolute atomic E-state index is 11.8. The third-order valence-electron chi connectivity index (χ3n) is 8.16. The number of rotatable bonds is 21. The van der Waals surface area contributed by atoms with Crippen molar-refractivity contribution in [3.8, 4) is 11.5 Å². The average molecular weight is 1350 g/mol. The molecule has 0 spiro atoms. The third kappa shape index (κ3) is 23.7. The standard InChI is InChI=1S/C37H36Cl2I2N8O11S3.2O3S/c1-2-11-59-32-20-30(48-46-25-6-4-24(38)5-7-25)28(40)15-22(32)17-35-43-36(45-37(44-35)42-10-14-62(53,54)55)18-23-16-29(41)31(21-33(23)60-12-3-13-61(50,51)52)49-47-26-8-9-27(39)34(19-26)63(56,57)58;2*1-4(2)3/h4-9,15-16,19-21H,2-3,10-14,17-18H2,1H3,(H,50,51,52)(H,53,54,55)(H,56,57,58)(H,42,43,44,45);;. The molecule has 71 heavy (non-hydrogen) atoms. The Morgan fingerprint density at radius 2 is 1.10 bits per heavy atom. The number of halogens is 4. The van der Waals surface area contributed by atoms with Crippen LogP contribution in [0.5, 0.6) is 11.5 Å². The van der Waals surface area contributed by atoms with E-state index >= 15 is 0 Å². The van der Waals surface area contributed by atoms with Crippen molar-refractivity contribution < 1.29 is 73.6 Å². The Hall–Kier alpha value is -4.50. The van der Waals surface area contributed by atoms with E-state index in [1.165, 1.54) is 18.2 Å². The number of anilines is 1. The van der Waals surface area contributed by atoms with E-state index in [0.717, 1.165) is 9.64 Å². The van der Waals surface area contributed by atoms with Crippen molar-refractivity contribution in [2.75, 3.05) is 36.6 Å². The molecular weight excluding hydrogens is 1310 g/mol. The van der Waals surface area contributed by atoms with E-state index in [-0.39, 0.29) is 72.2 Å². The zero-order valence-electron chi connectivity index (χ0n) is 36.0. The maximum atomic E-state index is 11.8. The predicted molar refractivity (Wildman–Crippen MR) is 271 cm³/mol. The van der Waals surface area contributed by atoms with Crippen molar-refractivity contribution in [3.63, 3.8) is 0 Å². The quantitative estimate of drug-likeness (QED) is 0.0241. The minimum Gasteiger partial charge on any atom is -0.493 e. The Kier molecular flexibility index (Phi) is 24.5. The predicted octanol–water partition coefficient (Wildman–Crippen LogP) is 7.38. The molecule has 0 fully saturated rings. The molecule has 0 radical (unpaired) electrons. The number of nitrogens with one attached hydrogen (secondary N) is 1. The molecule has 4 aromatic carbocycles. The van der Waals surface area contributed by atoms with Crippen molar-refractivity contribution in [2.45, 2.75) is 37.5 Å². The zero-order valence-corrected chi connectivity index (χ0v) is 45.9. The van der Waals surface area contributed by atoms with E-state index in [0.29, 0.717) is 49.9 Å². The van der Waals surface area contributed by atoms with Gasteiger partial charge in [-0.3, -0.25) is 13.7 Å². The van der Waals surface area contributed by atoms with Gasteiger partial charge < -0.3 is 14.8 Å². The molecule has 5 aromatic rings. The molecule has 1 aromatic heterocycles. The summed E-state index contributed by atoms with van der Waals surface area (Å²) in [6, 6.07) is 17.3. The van der Waals surface area contributed by atoms with Crippen molar-refractivity contribution in [2.24, 2.45) is 20.5 Å². The first kappa shape index (κ1) is 60.8. The van der Waals surface area contributed by atoms with Gasteiger partial charge in [-0.15, -0.1) is 35.5 Å². The fourth-order valence-electron chi connectivity index (χ4n) is 5.32. The number of hydrogen-bond donors (Lipinski definition) is 4. The van der Waals surface area contributed by atoms with Crippen LogP contribution in [0.1, 0.15) is 42.5 Å². The lowest BCUT2D eigenvalue weighted by atomic mass is 10.1. The maximum Gasteiger partial charge on any atom is 0.425 e. The van der Waals surface area contributed by atoms with Gasteiger partial charge in [0, 0.05) is 54.8 Å². The Morgan fingerprint density at radius 1 is 0.634 bits per heavy atom. The number of azo groups is 2. The van der Waals surface area contributed by atoms with Crippen LogP contribution in [0.2, 0.25) is 10.0 Å². The lowest BCUT2D eigenvalue weighted by molar-refractivity contribution is 0.313. The summed E-state index contributed by atoms with van der Waals surface area (Å²) >= 11 is 16.1. The van der Waals surface area contributed by atoms with E-state index in [4.69, 9.17) is 62.9 Å². The second-order valence-electron chi connectivity index (χ2n) is 13.6. The molecule has 0 saturated carbocycles. The van der Waals surface area contributed by atoms with Crippen LogP contribution in [0.3, 0.4) is 0 Å². The normalized spacial score (nSPS) is 11.6. The smallest absolute Gasteiger partial charge is 0.425 e. The van der Waals surface area contributed by atoms with Gasteiger partial charge >= 0.3 is 21.2 Å². The fourth-order valence-corrected chi connectivity index (χ4v) is 8.56. The van der Waals surface area contributed by atoms with Crippen LogP contribution in [0.15, 0.2) is 92.1 Å². The minimum atomic E-state index is -4.66. The highest BCUT2D eigenvalue weighted by Gasteiger charge is 2.19. The van der Waals surface area contributed by atoms with Crippen LogP contribution in [-0.2, 0) is 64.4 Å². The largest absolute Gasteiger partial charge is 0.493 e. The van der Waals surface area contributed by atoms with Crippen LogP contribution in [-0.4, -0.2) is 110 Å². The first-order valence-electron chi connectivity index (χ1n) is 19.3. The molecule has 384 valence electrons. The van der Waals surface area contributed by atoms with Crippen LogP contribution in [0.4, 0.5) is 28.7 Å². The van der Waals surface area contributed by atoms with Gasteiger partial charge in [0.2, 0.25) is 5.95 Å². The molecule has 0 aliphatic carbocycles. The first-order chi connectivity index (χ1) is 33.1. The molecule has 4 N–H and O–H groups in total. The molecule has 34 heteroatoms. The molecule has 25 nitrogen and oxygen atoms in total. The van der Waals surface area contributed by atoms with Gasteiger partial charge in [-0.1, -0.05) is 30.1 Å². The van der Waals surface area contributed by atoms with E-state index in [1.807, 2.05) is 35.6 Å². The highest BCUT2D eigenvalue weighted by atomic mass is 127. The first-order valence-corrected chi connectivity index (χ1v) is 28.9. The highest BCUT2D eigenvalue weighted by Crippen LogP contribution is 2.36. The summed E-state index contributed by atoms with van der Waals surface area (Å²) in [6.45, 7) is 1.95. The van der Waals surface area contributed by atoms with Crippen LogP contribution < -0.4 is 14.8 Å². The molecule has 0 saturated heterocycles. The molecule has 0 aliphatic heterocycles. The van der Waals surface area contributed by atoms with Crippen LogP contribution >= 0.6 is 68.4 Å². The van der Waals surface area contributed by atoms with Crippen LogP contribution in [0.25, 0.3) is 0 Å². The van der Waals surface area contributed by atoms with Gasteiger partial charge in [0.15, 0.2) is 0 Å². The number of ether oxygens (including phenoxy) is 2. The van der Waals surface area contributed by atoms with Gasteiger partial charge in [0.05, 0.1) is 41.1 Å². The third-order valence-corrected chi connectivity index (χ3v) is 13.0. The average Bonchev–Trinajstić information content (AvgIpc) is 3.24. The Morgan fingerprint density at radius 3 is 1.56 bits per heavy atom. The summed E-state index contributed by atoms with van der Waals surface area (Å²) in [7, 11) is -19.5. The minimum absolute atomic E-state index is 0.000670. The van der Waals surface area contributed by atoms with Crippen LogP contribution in [0, 0.1) is 7.14 Å². The molecule has 5 rings (SSSR count). The van der Waals surface area contributed by atoms with Crippen molar-refractivity contribution in [1.82, 2.24) is 15.0 Å². The summed E-state index contributed by atoms with van der Waals surface area (Å²) < 4.78 is 162. The molecule has 0 bridgehead atoms. The van der Waals surface area contributed by atoms with E-state index in [1.54, 1.807) is 36.4 Å². The monoisotopic (exact) mass is 1350 g/mol. The molecule has 0 aliphatic rings.